The molecule has 2 aromatic heterocycles. The molecule has 1 aromatic carbocycles. The lowest BCUT2D eigenvalue weighted by atomic mass is 10.1. The van der Waals surface area contributed by atoms with Gasteiger partial charge >= 0.3 is 0 Å². The molecule has 0 bridgehead atoms. The van der Waals surface area contributed by atoms with Crippen LogP contribution >= 0.6 is 0 Å². The number of benzene rings is 1. The molecule has 0 saturated carbocycles. The van der Waals surface area contributed by atoms with Crippen LogP contribution in [0.15, 0.2) is 35.5 Å². The van der Waals surface area contributed by atoms with Gasteiger partial charge in [-0.2, -0.15) is 5.10 Å². The molecule has 2 heterocycles. The number of hydrogen-bond acceptors (Lipinski definition) is 6. The molecule has 0 atom stereocenters. The molecule has 3 aromatic rings. The van der Waals surface area contributed by atoms with E-state index in [2.05, 4.69) is 15.5 Å². The summed E-state index contributed by atoms with van der Waals surface area (Å²) in [5.74, 6) is 0.745. The lowest BCUT2D eigenvalue weighted by Gasteiger charge is -2.19. The van der Waals surface area contributed by atoms with E-state index in [4.69, 9.17) is 9.47 Å². The first-order valence-corrected chi connectivity index (χ1v) is 8.71. The molecule has 0 radical (unpaired) electrons. The van der Waals surface area contributed by atoms with Crippen LogP contribution in [0.25, 0.3) is 11.0 Å². The zero-order valence-corrected chi connectivity index (χ0v) is 16.5. The molecule has 0 aliphatic heterocycles. The van der Waals surface area contributed by atoms with Gasteiger partial charge in [-0.1, -0.05) is 6.07 Å². The second-order valence-electron chi connectivity index (χ2n) is 7.29. The van der Waals surface area contributed by atoms with Crippen molar-refractivity contribution in [2.45, 2.75) is 32.7 Å². The Morgan fingerprint density at radius 3 is 2.54 bits per heavy atom. The number of hydrogen-bond donors (Lipinski definition) is 1. The first-order chi connectivity index (χ1) is 13.2. The van der Waals surface area contributed by atoms with Gasteiger partial charge in [0.2, 0.25) is 5.91 Å². The van der Waals surface area contributed by atoms with Crippen molar-refractivity contribution >= 4 is 16.9 Å². The van der Waals surface area contributed by atoms with E-state index in [9.17, 15) is 9.59 Å². The van der Waals surface area contributed by atoms with Crippen molar-refractivity contribution in [2.75, 3.05) is 19.6 Å². The smallest absolute Gasteiger partial charge is 0.283 e. The number of fused-ring (bicyclic) bond motifs is 1. The predicted octanol–water partition coefficient (Wildman–Crippen LogP) is 1.68. The van der Waals surface area contributed by atoms with Crippen LogP contribution in [0.5, 0.6) is 11.5 Å². The third-order valence-electron chi connectivity index (χ3n) is 4.18. The Bertz CT molecular complexity index is 1080. The van der Waals surface area contributed by atoms with Crippen LogP contribution in [0.1, 0.15) is 26.3 Å². The molecule has 0 aliphatic carbocycles. The first-order valence-electron chi connectivity index (χ1n) is 8.71. The van der Waals surface area contributed by atoms with E-state index in [-0.39, 0.29) is 23.4 Å². The van der Waals surface area contributed by atoms with Gasteiger partial charge in [-0.15, -0.1) is 0 Å². The lowest BCUT2D eigenvalue weighted by molar-refractivity contribution is -0.116. The third kappa shape index (κ3) is 3.68. The maximum Gasteiger partial charge on any atom is 0.283 e. The number of amides is 1. The van der Waals surface area contributed by atoms with Gasteiger partial charge in [-0.25, -0.2) is 14.3 Å². The number of carbonyl (C=O) groups excluding carboxylic acids is 1. The molecule has 9 nitrogen and oxygen atoms in total. The van der Waals surface area contributed by atoms with Crippen LogP contribution in [0.4, 0.5) is 0 Å². The van der Waals surface area contributed by atoms with Crippen LogP contribution in [0.2, 0.25) is 0 Å². The Labute approximate surface area is 161 Å². The summed E-state index contributed by atoms with van der Waals surface area (Å²) in [6.45, 7) is 5.91. The molecule has 9 heteroatoms. The molecular weight excluding hydrogens is 362 g/mol. The van der Waals surface area contributed by atoms with Crippen molar-refractivity contribution in [3.8, 4) is 11.5 Å². The van der Waals surface area contributed by atoms with Crippen molar-refractivity contribution in [3.05, 3.63) is 46.6 Å². The number of aromatic nitrogens is 4. The molecule has 0 spiro atoms. The lowest BCUT2D eigenvalue weighted by Crippen LogP contribution is -2.34. The van der Waals surface area contributed by atoms with Gasteiger partial charge in [-0.3, -0.25) is 15.0 Å². The van der Waals surface area contributed by atoms with Crippen molar-refractivity contribution < 1.29 is 14.3 Å². The monoisotopic (exact) mass is 385 g/mol. The van der Waals surface area contributed by atoms with Gasteiger partial charge in [0, 0.05) is 0 Å². The van der Waals surface area contributed by atoms with Crippen LogP contribution in [-0.2, 0) is 16.8 Å². The number of rotatable bonds is 5. The van der Waals surface area contributed by atoms with Gasteiger partial charge in [0.1, 0.15) is 11.7 Å². The molecule has 1 N–H and O–H groups in total. The zero-order chi connectivity index (χ0) is 20.5. The summed E-state index contributed by atoms with van der Waals surface area (Å²) in [5.41, 5.74) is 3.05. The standard InChI is InChI=1S/C19H23N5O4/c1-19(2,3)24-17-13(10-21-24)18(26)23(11-20-17)22-16(25)9-12-6-7-14(27-4)15(8-12)28-5/h6-8,10-11H,9H2,1-5H3,(H,22,25). The summed E-state index contributed by atoms with van der Waals surface area (Å²) in [6, 6.07) is 5.20. The zero-order valence-electron chi connectivity index (χ0n) is 16.5. The highest BCUT2D eigenvalue weighted by Crippen LogP contribution is 2.27. The SMILES string of the molecule is COc1ccc(CC(=O)Nn2cnc3c(cnn3C(C)(C)C)c2=O)cc1OC. The maximum absolute atomic E-state index is 12.7. The molecule has 148 valence electrons. The van der Waals surface area contributed by atoms with Crippen LogP contribution in [0, 0.1) is 0 Å². The van der Waals surface area contributed by atoms with Gasteiger partial charge < -0.3 is 9.47 Å². The second kappa shape index (κ2) is 7.34. The Balaban J connectivity index is 1.82. The fourth-order valence-electron chi connectivity index (χ4n) is 2.83. The molecule has 28 heavy (non-hydrogen) atoms. The first kappa shape index (κ1) is 19.4. The summed E-state index contributed by atoms with van der Waals surface area (Å²) in [4.78, 5) is 29.3. The average molecular weight is 385 g/mol. The number of nitrogens with zero attached hydrogens (tertiary/aromatic N) is 4. The highest BCUT2D eigenvalue weighted by molar-refractivity contribution is 5.86. The minimum absolute atomic E-state index is 0.0616. The largest absolute Gasteiger partial charge is 0.493 e. The maximum atomic E-state index is 12.7. The van der Waals surface area contributed by atoms with Crippen molar-refractivity contribution in [3.63, 3.8) is 0 Å². The van der Waals surface area contributed by atoms with E-state index in [1.807, 2.05) is 20.8 Å². The number of carbonyl (C=O) groups is 1. The highest BCUT2D eigenvalue weighted by Gasteiger charge is 2.20. The fraction of sp³-hybridized carbons (Fsp3) is 0.368. The number of methoxy groups -OCH3 is 2. The second-order valence-corrected chi connectivity index (χ2v) is 7.29. The van der Waals surface area contributed by atoms with Gasteiger partial charge in [0.15, 0.2) is 17.1 Å². The van der Waals surface area contributed by atoms with Gasteiger partial charge in [0.25, 0.3) is 5.56 Å². The highest BCUT2D eigenvalue weighted by atomic mass is 16.5. The van der Waals surface area contributed by atoms with Gasteiger partial charge in [-0.05, 0) is 38.5 Å². The minimum Gasteiger partial charge on any atom is -0.493 e. The quantitative estimate of drug-likeness (QED) is 0.717. The van der Waals surface area contributed by atoms with Gasteiger partial charge in [0.05, 0.1) is 32.4 Å². The van der Waals surface area contributed by atoms with Crippen LogP contribution in [-0.4, -0.2) is 39.6 Å². The predicted molar refractivity (Wildman–Crippen MR) is 104 cm³/mol. The van der Waals surface area contributed by atoms with E-state index >= 15 is 0 Å². The van der Waals surface area contributed by atoms with E-state index in [1.54, 1.807) is 30.0 Å². The Hall–Kier alpha value is -3.36. The summed E-state index contributed by atoms with van der Waals surface area (Å²) in [7, 11) is 3.07. The fourth-order valence-corrected chi connectivity index (χ4v) is 2.83. The molecular formula is C19H23N5O4. The molecule has 1 amide bonds. The Morgan fingerprint density at radius 1 is 1.18 bits per heavy atom. The minimum atomic E-state index is -0.388. The van der Waals surface area contributed by atoms with Crippen molar-refractivity contribution in [1.82, 2.24) is 19.4 Å². The van der Waals surface area contributed by atoms with Crippen LogP contribution < -0.4 is 20.5 Å². The molecule has 0 fully saturated rings. The third-order valence-corrected chi connectivity index (χ3v) is 4.18. The summed E-state index contributed by atoms with van der Waals surface area (Å²) >= 11 is 0. The molecule has 0 saturated heterocycles. The number of nitrogens with one attached hydrogen (secondary N) is 1. The summed E-state index contributed by atoms with van der Waals surface area (Å²) < 4.78 is 13.2. The average Bonchev–Trinajstić information content (AvgIpc) is 3.09. The van der Waals surface area contributed by atoms with E-state index in [0.29, 0.717) is 22.5 Å². The van der Waals surface area contributed by atoms with Crippen molar-refractivity contribution in [2.24, 2.45) is 0 Å². The molecule has 3 rings (SSSR count). The topological polar surface area (TPSA) is 100 Å². The van der Waals surface area contributed by atoms with E-state index < -0.39 is 0 Å². The Kier molecular flexibility index (Phi) is 5.08. The van der Waals surface area contributed by atoms with Crippen LogP contribution in [0.3, 0.4) is 0 Å². The normalized spacial score (nSPS) is 11.5. The summed E-state index contributed by atoms with van der Waals surface area (Å²) in [5, 5.41) is 4.59. The molecule has 0 unspecified atom stereocenters. The Morgan fingerprint density at radius 2 is 1.89 bits per heavy atom. The van der Waals surface area contributed by atoms with E-state index in [1.165, 1.54) is 19.6 Å². The number of ether oxygens (including phenoxy) is 2. The van der Waals surface area contributed by atoms with E-state index in [0.717, 1.165) is 10.2 Å². The molecule has 0 aliphatic rings. The van der Waals surface area contributed by atoms with Crippen molar-refractivity contribution in [1.29, 1.82) is 0 Å². The summed E-state index contributed by atoms with van der Waals surface area (Å²) in [6.07, 6.45) is 2.82.